The largest absolute Gasteiger partial charge is 0.389 e. The zero-order valence-corrected chi connectivity index (χ0v) is 11.2. The fourth-order valence-electron chi connectivity index (χ4n) is 2.08. The number of fused-ring (bicyclic) bond motifs is 1. The highest BCUT2D eigenvalue weighted by atomic mass is 32.1. The number of carbonyl (C=O) groups is 1. The van der Waals surface area contributed by atoms with Gasteiger partial charge in [-0.1, -0.05) is 0 Å². The van der Waals surface area contributed by atoms with Gasteiger partial charge in [0.15, 0.2) is 0 Å². The van der Waals surface area contributed by atoms with Crippen molar-refractivity contribution in [2.24, 2.45) is 0 Å². The second-order valence-corrected chi connectivity index (χ2v) is 6.22. The van der Waals surface area contributed by atoms with Crippen LogP contribution in [-0.2, 0) is 12.8 Å². The summed E-state index contributed by atoms with van der Waals surface area (Å²) in [6.07, 6.45) is 4.54. The lowest BCUT2D eigenvalue weighted by molar-refractivity contribution is 0.0694. The summed E-state index contributed by atoms with van der Waals surface area (Å²) in [6.45, 7) is 3.67. The van der Waals surface area contributed by atoms with Crippen LogP contribution in [0.1, 0.15) is 47.5 Å². The molecule has 1 aromatic heterocycles. The molecule has 0 spiro atoms. The molecule has 0 saturated heterocycles. The van der Waals surface area contributed by atoms with Gasteiger partial charge in [0, 0.05) is 16.8 Å². The highest BCUT2D eigenvalue weighted by Crippen LogP contribution is 2.30. The minimum absolute atomic E-state index is 0.0495. The van der Waals surface area contributed by atoms with Crippen LogP contribution in [0.25, 0.3) is 0 Å². The summed E-state index contributed by atoms with van der Waals surface area (Å²) in [4.78, 5) is 13.4. The molecule has 3 nitrogen and oxygen atoms in total. The van der Waals surface area contributed by atoms with Crippen LogP contribution in [0.2, 0.25) is 0 Å². The van der Waals surface area contributed by atoms with E-state index in [2.05, 4.69) is 5.32 Å². The van der Waals surface area contributed by atoms with Crippen LogP contribution < -0.4 is 5.32 Å². The number of aryl methyl sites for hydroxylation is 1. The van der Waals surface area contributed by atoms with Gasteiger partial charge in [-0.05, 0) is 45.1 Å². The Kier molecular flexibility index (Phi) is 3.54. The van der Waals surface area contributed by atoms with Crippen molar-refractivity contribution >= 4 is 17.2 Å². The Balaban J connectivity index is 2.07. The third-order valence-corrected chi connectivity index (χ3v) is 4.08. The average molecular weight is 253 g/mol. The molecule has 0 saturated carbocycles. The molecule has 0 atom stereocenters. The van der Waals surface area contributed by atoms with Gasteiger partial charge < -0.3 is 10.4 Å². The minimum atomic E-state index is -0.855. The van der Waals surface area contributed by atoms with E-state index in [4.69, 9.17) is 0 Å². The van der Waals surface area contributed by atoms with E-state index in [0.29, 0.717) is 0 Å². The van der Waals surface area contributed by atoms with E-state index in [0.717, 1.165) is 18.4 Å². The van der Waals surface area contributed by atoms with E-state index in [9.17, 15) is 9.90 Å². The van der Waals surface area contributed by atoms with Crippen LogP contribution in [0.15, 0.2) is 5.38 Å². The van der Waals surface area contributed by atoms with Gasteiger partial charge >= 0.3 is 0 Å². The molecule has 1 heterocycles. The minimum Gasteiger partial charge on any atom is -0.389 e. The Hall–Kier alpha value is -0.870. The number of aliphatic hydroxyl groups is 1. The molecular formula is C13H19NO2S. The van der Waals surface area contributed by atoms with Gasteiger partial charge in [-0.15, -0.1) is 11.3 Å². The first-order valence-corrected chi connectivity index (χ1v) is 6.95. The van der Waals surface area contributed by atoms with E-state index in [1.165, 1.54) is 23.3 Å². The van der Waals surface area contributed by atoms with E-state index in [1.54, 1.807) is 25.2 Å². The smallest absolute Gasteiger partial charge is 0.252 e. The molecule has 0 unspecified atom stereocenters. The van der Waals surface area contributed by atoms with Crippen LogP contribution >= 0.6 is 11.3 Å². The zero-order chi connectivity index (χ0) is 12.5. The molecule has 94 valence electrons. The monoisotopic (exact) mass is 253 g/mol. The van der Waals surface area contributed by atoms with Crippen molar-refractivity contribution in [3.05, 3.63) is 21.4 Å². The number of rotatable bonds is 3. The number of carbonyl (C=O) groups excluding carboxylic acids is 1. The first-order chi connectivity index (χ1) is 7.97. The molecule has 1 aromatic rings. The molecule has 1 amide bonds. The van der Waals surface area contributed by atoms with E-state index < -0.39 is 5.60 Å². The lowest BCUT2D eigenvalue weighted by Gasteiger charge is -2.18. The van der Waals surface area contributed by atoms with Gasteiger partial charge in [-0.3, -0.25) is 4.79 Å². The summed E-state index contributed by atoms with van der Waals surface area (Å²) < 4.78 is 0. The van der Waals surface area contributed by atoms with Crippen LogP contribution in [0.4, 0.5) is 0 Å². The van der Waals surface area contributed by atoms with Gasteiger partial charge in [0.1, 0.15) is 0 Å². The lowest BCUT2D eigenvalue weighted by Crippen LogP contribution is -2.38. The zero-order valence-electron chi connectivity index (χ0n) is 10.4. The molecule has 0 aliphatic heterocycles. The Labute approximate surface area is 106 Å². The molecule has 17 heavy (non-hydrogen) atoms. The van der Waals surface area contributed by atoms with Crippen molar-refractivity contribution in [3.63, 3.8) is 0 Å². The van der Waals surface area contributed by atoms with Crippen molar-refractivity contribution in [1.82, 2.24) is 5.32 Å². The number of hydrogen-bond acceptors (Lipinski definition) is 3. The summed E-state index contributed by atoms with van der Waals surface area (Å²) in [5.41, 5.74) is 1.19. The maximum Gasteiger partial charge on any atom is 0.252 e. The first-order valence-electron chi connectivity index (χ1n) is 6.07. The highest BCUT2D eigenvalue weighted by Gasteiger charge is 2.21. The maximum atomic E-state index is 12.0. The van der Waals surface area contributed by atoms with Crippen LogP contribution in [-0.4, -0.2) is 23.2 Å². The average Bonchev–Trinajstić information content (AvgIpc) is 2.68. The standard InChI is InChI=1S/C13H19NO2S/c1-13(2,16)8-14-12(15)10-7-17-11-6-4-3-5-9(10)11/h7,16H,3-6,8H2,1-2H3,(H,14,15). The molecule has 1 aliphatic carbocycles. The van der Waals surface area contributed by atoms with Crippen molar-refractivity contribution in [3.8, 4) is 0 Å². The van der Waals surface area contributed by atoms with Crippen LogP contribution in [0.3, 0.4) is 0 Å². The summed E-state index contributed by atoms with van der Waals surface area (Å²) in [6, 6.07) is 0. The Morgan fingerprint density at radius 3 is 2.88 bits per heavy atom. The predicted molar refractivity (Wildman–Crippen MR) is 69.6 cm³/mol. The quantitative estimate of drug-likeness (QED) is 0.867. The summed E-state index contributed by atoms with van der Waals surface area (Å²) in [7, 11) is 0. The summed E-state index contributed by atoms with van der Waals surface area (Å²) >= 11 is 1.69. The van der Waals surface area contributed by atoms with Gasteiger partial charge in [0.05, 0.1) is 11.2 Å². The lowest BCUT2D eigenvalue weighted by atomic mass is 9.95. The fraction of sp³-hybridized carbons (Fsp3) is 0.615. The van der Waals surface area contributed by atoms with E-state index in [1.807, 2.05) is 5.38 Å². The highest BCUT2D eigenvalue weighted by molar-refractivity contribution is 7.10. The number of hydrogen-bond donors (Lipinski definition) is 2. The molecule has 2 rings (SSSR count). The molecule has 1 aliphatic rings. The molecule has 4 heteroatoms. The van der Waals surface area contributed by atoms with E-state index >= 15 is 0 Å². The SMILES string of the molecule is CC(C)(O)CNC(=O)c1csc2c1CCCC2. The van der Waals surface area contributed by atoms with Crippen molar-refractivity contribution < 1.29 is 9.90 Å². The molecule has 0 aromatic carbocycles. The van der Waals surface area contributed by atoms with Gasteiger partial charge in [-0.2, -0.15) is 0 Å². The predicted octanol–water partition coefficient (Wildman–Crippen LogP) is 2.13. The molecule has 0 bridgehead atoms. The third-order valence-electron chi connectivity index (χ3n) is 2.99. The number of nitrogens with one attached hydrogen (secondary N) is 1. The number of thiophene rings is 1. The topological polar surface area (TPSA) is 49.3 Å². The van der Waals surface area contributed by atoms with Gasteiger partial charge in [0.2, 0.25) is 0 Å². The second-order valence-electron chi connectivity index (χ2n) is 5.25. The first kappa shape index (κ1) is 12.6. The van der Waals surface area contributed by atoms with Gasteiger partial charge in [-0.25, -0.2) is 0 Å². The van der Waals surface area contributed by atoms with Crippen LogP contribution in [0, 0.1) is 0 Å². The van der Waals surface area contributed by atoms with Crippen LogP contribution in [0.5, 0.6) is 0 Å². The summed E-state index contributed by atoms with van der Waals surface area (Å²) in [5.74, 6) is -0.0495. The number of amides is 1. The normalized spacial score (nSPS) is 15.5. The van der Waals surface area contributed by atoms with Crippen molar-refractivity contribution in [2.45, 2.75) is 45.1 Å². The second kappa shape index (κ2) is 4.78. The van der Waals surface area contributed by atoms with Crippen molar-refractivity contribution in [1.29, 1.82) is 0 Å². The Bertz CT molecular complexity index is 418. The third kappa shape index (κ3) is 3.07. The van der Waals surface area contributed by atoms with Gasteiger partial charge in [0.25, 0.3) is 5.91 Å². The Morgan fingerprint density at radius 2 is 2.18 bits per heavy atom. The Morgan fingerprint density at radius 1 is 1.47 bits per heavy atom. The molecule has 0 radical (unpaired) electrons. The van der Waals surface area contributed by atoms with Crippen molar-refractivity contribution in [2.75, 3.05) is 6.54 Å². The summed E-state index contributed by atoms with van der Waals surface area (Å²) in [5, 5.41) is 14.3. The molecule has 2 N–H and O–H groups in total. The van der Waals surface area contributed by atoms with E-state index in [-0.39, 0.29) is 12.5 Å². The fourth-order valence-corrected chi connectivity index (χ4v) is 3.20. The maximum absolute atomic E-state index is 12.0. The molecule has 0 fully saturated rings. The molecular weight excluding hydrogens is 234 g/mol.